The van der Waals surface area contributed by atoms with Crippen molar-refractivity contribution >= 4 is 29.2 Å². The smallest absolute Gasteiger partial charge is 0.260 e. The Kier molecular flexibility index (Phi) is 6.90. The Morgan fingerprint density at radius 2 is 2.16 bits per heavy atom. The van der Waals surface area contributed by atoms with Gasteiger partial charge in [-0.2, -0.15) is 0 Å². The summed E-state index contributed by atoms with van der Waals surface area (Å²) in [5, 5.41) is 4.17. The lowest BCUT2D eigenvalue weighted by Crippen LogP contribution is -2.32. The molecule has 2 aliphatic rings. The Morgan fingerprint density at radius 3 is 3.03 bits per heavy atom. The fourth-order valence-corrected chi connectivity index (χ4v) is 3.37. The lowest BCUT2D eigenvalue weighted by Gasteiger charge is -2.19. The van der Waals surface area contributed by atoms with Crippen LogP contribution in [0.4, 0.5) is 11.5 Å². The van der Waals surface area contributed by atoms with Crippen molar-refractivity contribution in [3.63, 3.8) is 0 Å². The number of aliphatic imine (C=N–C) groups is 1. The largest absolute Gasteiger partial charge is 0.487 e. The third-order valence-corrected chi connectivity index (χ3v) is 5.10. The summed E-state index contributed by atoms with van der Waals surface area (Å²) >= 11 is 0. The van der Waals surface area contributed by atoms with Gasteiger partial charge in [-0.15, -0.1) is 0 Å². The summed E-state index contributed by atoms with van der Waals surface area (Å²) in [6, 6.07) is 5.44. The van der Waals surface area contributed by atoms with Crippen molar-refractivity contribution in [3.05, 3.63) is 35.2 Å². The number of aromatic nitrogens is 2. The zero-order chi connectivity index (χ0) is 22.3. The summed E-state index contributed by atoms with van der Waals surface area (Å²) < 4.78 is 16.7. The molecule has 32 heavy (non-hydrogen) atoms. The molecule has 1 aromatic carbocycles. The van der Waals surface area contributed by atoms with Gasteiger partial charge in [0.2, 0.25) is 0 Å². The van der Waals surface area contributed by atoms with E-state index in [0.717, 1.165) is 22.9 Å². The van der Waals surface area contributed by atoms with E-state index in [4.69, 9.17) is 14.2 Å². The van der Waals surface area contributed by atoms with Crippen molar-refractivity contribution in [3.8, 4) is 11.5 Å². The molecule has 2 aliphatic heterocycles. The van der Waals surface area contributed by atoms with Crippen LogP contribution in [0.25, 0.3) is 5.57 Å². The number of methoxy groups -OCH3 is 1. The number of carbonyl (C=O) groups is 1. The molecule has 2 bridgehead atoms. The van der Waals surface area contributed by atoms with Crippen LogP contribution in [0.1, 0.15) is 6.42 Å². The number of likely N-dealkylation sites (N-methyl/N-ethyl adjacent to an activating group) is 1. The maximum atomic E-state index is 12.5. The second-order valence-electron chi connectivity index (χ2n) is 7.38. The summed E-state index contributed by atoms with van der Waals surface area (Å²) in [6.45, 7) is 2.41. The van der Waals surface area contributed by atoms with Gasteiger partial charge in [-0.05, 0) is 18.6 Å². The van der Waals surface area contributed by atoms with Gasteiger partial charge >= 0.3 is 0 Å². The Morgan fingerprint density at radius 1 is 1.25 bits per heavy atom. The molecule has 0 saturated heterocycles. The van der Waals surface area contributed by atoms with E-state index in [9.17, 15) is 4.79 Å². The summed E-state index contributed by atoms with van der Waals surface area (Å²) in [7, 11) is 3.37. The number of hydrogen-bond donors (Lipinski definition) is 1. The number of fused-ring (bicyclic) bond motifs is 2. The number of nitrogens with zero attached hydrogens (tertiary/aromatic N) is 5. The number of anilines is 2. The fourth-order valence-electron chi connectivity index (χ4n) is 3.37. The van der Waals surface area contributed by atoms with Gasteiger partial charge in [0.25, 0.3) is 5.91 Å². The second-order valence-corrected chi connectivity index (χ2v) is 7.38. The highest BCUT2D eigenvalue weighted by molar-refractivity contribution is 6.04. The van der Waals surface area contributed by atoms with Crippen LogP contribution in [0.3, 0.4) is 0 Å². The van der Waals surface area contributed by atoms with E-state index in [1.807, 2.05) is 12.3 Å². The van der Waals surface area contributed by atoms with Crippen molar-refractivity contribution in [2.24, 2.45) is 9.98 Å². The summed E-state index contributed by atoms with van der Waals surface area (Å²) in [5.41, 5.74) is 2.33. The molecule has 1 aromatic heterocycles. The molecule has 0 radical (unpaired) electrons. The number of nitrogens with one attached hydrogen (secondary N) is 1. The van der Waals surface area contributed by atoms with E-state index in [1.165, 1.54) is 6.33 Å². The molecule has 10 heteroatoms. The standard InChI is InChI=1S/C22H26N6O4/c1-28-7-3-6-23-11-15-12-24-21-20(15)22(26-14-25-21)27-16-4-5-17(31-9-8-30-2)18(10-16)32-13-19(28)29/h4-5,10-11,14H,3,6-9,12-13H2,1-2H3,(H,24,25,26,27). The molecule has 0 spiro atoms. The fraction of sp³-hybridized carbons (Fsp3) is 0.409. The Balaban J connectivity index is 1.72. The Labute approximate surface area is 185 Å². The average molecular weight is 438 g/mol. The summed E-state index contributed by atoms with van der Waals surface area (Å²) in [5.74, 6) is 1.51. The second kappa shape index (κ2) is 10.2. The zero-order valence-electron chi connectivity index (χ0n) is 18.2. The number of rotatable bonds is 4. The normalized spacial score (nSPS) is 16.1. The maximum Gasteiger partial charge on any atom is 0.260 e. The SMILES string of the molecule is COCCOc1ccc2cc1OCC(=O)N(C)CCCN=CC1=c3c(ncnc3=NC1)N2. The van der Waals surface area contributed by atoms with Crippen LogP contribution in [0, 0.1) is 0 Å². The van der Waals surface area contributed by atoms with Gasteiger partial charge in [0, 0.05) is 50.8 Å². The number of carbonyl (C=O) groups excluding carboxylic acids is 1. The maximum absolute atomic E-state index is 12.5. The molecule has 168 valence electrons. The minimum Gasteiger partial charge on any atom is -0.487 e. The molecule has 1 N–H and O–H groups in total. The molecule has 0 unspecified atom stereocenters. The molecular formula is C22H26N6O4. The van der Waals surface area contributed by atoms with E-state index in [0.29, 0.717) is 55.7 Å². The monoisotopic (exact) mass is 438 g/mol. The lowest BCUT2D eigenvalue weighted by atomic mass is 10.2. The molecule has 1 amide bonds. The van der Waals surface area contributed by atoms with Gasteiger partial charge in [0.1, 0.15) is 18.8 Å². The third kappa shape index (κ3) is 5.02. The molecule has 3 heterocycles. The molecule has 0 fully saturated rings. The molecule has 10 nitrogen and oxygen atoms in total. The minimum absolute atomic E-state index is 0.0937. The highest BCUT2D eigenvalue weighted by Crippen LogP contribution is 2.31. The van der Waals surface area contributed by atoms with Crippen molar-refractivity contribution in [2.75, 3.05) is 58.9 Å². The quantitative estimate of drug-likeness (QED) is 0.686. The first kappa shape index (κ1) is 21.7. The number of hydrogen-bond acceptors (Lipinski definition) is 9. The van der Waals surface area contributed by atoms with Crippen LogP contribution in [0.2, 0.25) is 0 Å². The van der Waals surface area contributed by atoms with Gasteiger partial charge in [-0.1, -0.05) is 0 Å². The Hall–Kier alpha value is -3.53. The van der Waals surface area contributed by atoms with E-state index in [-0.39, 0.29) is 12.5 Å². The van der Waals surface area contributed by atoms with E-state index < -0.39 is 0 Å². The highest BCUT2D eigenvalue weighted by atomic mass is 16.5. The van der Waals surface area contributed by atoms with Crippen molar-refractivity contribution in [1.82, 2.24) is 14.9 Å². The first-order valence-electron chi connectivity index (χ1n) is 10.4. The molecule has 4 rings (SSSR count). The predicted octanol–water partition coefficient (Wildman–Crippen LogP) is 0.341. The number of amides is 1. The van der Waals surface area contributed by atoms with E-state index >= 15 is 0 Å². The van der Waals surface area contributed by atoms with Gasteiger partial charge < -0.3 is 24.4 Å². The van der Waals surface area contributed by atoms with Crippen LogP contribution in [0.5, 0.6) is 11.5 Å². The van der Waals surface area contributed by atoms with Crippen molar-refractivity contribution < 1.29 is 19.0 Å². The van der Waals surface area contributed by atoms with Crippen LogP contribution >= 0.6 is 0 Å². The topological polar surface area (TPSA) is 111 Å². The van der Waals surface area contributed by atoms with Crippen molar-refractivity contribution in [2.45, 2.75) is 6.42 Å². The average Bonchev–Trinajstić information content (AvgIpc) is 3.22. The van der Waals surface area contributed by atoms with Crippen molar-refractivity contribution in [1.29, 1.82) is 0 Å². The third-order valence-electron chi connectivity index (χ3n) is 5.10. The van der Waals surface area contributed by atoms with Crippen LogP contribution < -0.4 is 25.5 Å². The predicted molar refractivity (Wildman–Crippen MR) is 119 cm³/mol. The minimum atomic E-state index is -0.117. The molecule has 2 aromatic rings. The van der Waals surface area contributed by atoms with Gasteiger partial charge in [-0.25, -0.2) is 9.97 Å². The summed E-state index contributed by atoms with van der Waals surface area (Å²) in [6.07, 6.45) is 4.06. The van der Waals surface area contributed by atoms with Gasteiger partial charge in [0.05, 0.1) is 18.4 Å². The van der Waals surface area contributed by atoms with Gasteiger partial charge in [-0.3, -0.25) is 14.8 Å². The first-order valence-corrected chi connectivity index (χ1v) is 10.4. The Bertz CT molecular complexity index is 1130. The lowest BCUT2D eigenvalue weighted by molar-refractivity contribution is -0.132. The van der Waals surface area contributed by atoms with Crippen LogP contribution in [-0.2, 0) is 9.53 Å². The molecule has 0 aliphatic carbocycles. The van der Waals surface area contributed by atoms with Gasteiger partial charge in [0.15, 0.2) is 23.6 Å². The summed E-state index contributed by atoms with van der Waals surface area (Å²) in [4.78, 5) is 31.9. The highest BCUT2D eigenvalue weighted by Gasteiger charge is 2.15. The molecular weight excluding hydrogens is 412 g/mol. The molecule has 0 atom stereocenters. The zero-order valence-corrected chi connectivity index (χ0v) is 18.2. The van der Waals surface area contributed by atoms with E-state index in [2.05, 4.69) is 25.3 Å². The van der Waals surface area contributed by atoms with Crippen LogP contribution in [-0.4, -0.2) is 80.6 Å². The van der Waals surface area contributed by atoms with E-state index in [1.54, 1.807) is 31.2 Å². The number of benzene rings is 1. The number of ether oxygens (including phenoxy) is 3. The molecule has 0 saturated carbocycles. The first-order chi connectivity index (χ1) is 15.7. The van der Waals surface area contributed by atoms with Crippen LogP contribution in [0.15, 0.2) is 34.5 Å².